The number of hydrogen-bond acceptors (Lipinski definition) is 1. The van der Waals surface area contributed by atoms with E-state index in [0.29, 0.717) is 0 Å². The van der Waals surface area contributed by atoms with Crippen molar-refractivity contribution < 1.29 is 32.7 Å². The zero-order chi connectivity index (χ0) is 7.72. The topological polar surface area (TPSA) is 12.0 Å². The summed E-state index contributed by atoms with van der Waals surface area (Å²) in [6.07, 6.45) is 3.11. The Kier molecular flexibility index (Phi) is 4.27. The maximum absolute atomic E-state index is 3.77. The molecule has 0 atom stereocenters. The van der Waals surface area contributed by atoms with E-state index in [1.54, 1.807) is 0 Å². The molecule has 0 fully saturated rings. The Bertz CT molecular complexity index is 230. The summed E-state index contributed by atoms with van der Waals surface area (Å²) in [6, 6.07) is 0. The van der Waals surface area contributed by atoms with Gasteiger partial charge in [0.25, 0.3) is 0 Å². The minimum Gasteiger partial charge on any atom is -0.393 e. The Balaban J connectivity index is 0.000001000. The van der Waals surface area contributed by atoms with Crippen molar-refractivity contribution >= 4 is 0 Å². The maximum atomic E-state index is 3.77. The minimum absolute atomic E-state index is 0. The summed E-state index contributed by atoms with van der Waals surface area (Å²) in [6.45, 7) is 9.95. The molecular formula is C9H12NY-. The van der Waals surface area contributed by atoms with Gasteiger partial charge in [-0.25, -0.2) is 0 Å². The third-order valence-corrected chi connectivity index (χ3v) is 1.80. The number of dihydropyridines is 1. The second-order valence-electron chi connectivity index (χ2n) is 2.60. The summed E-state index contributed by atoms with van der Waals surface area (Å²) >= 11 is 0. The summed E-state index contributed by atoms with van der Waals surface area (Å²) in [4.78, 5) is 0. The van der Waals surface area contributed by atoms with Crippen LogP contribution in [0.1, 0.15) is 20.8 Å². The van der Waals surface area contributed by atoms with Crippen LogP contribution in [0.5, 0.6) is 0 Å². The van der Waals surface area contributed by atoms with Crippen LogP contribution in [0.15, 0.2) is 29.1 Å². The van der Waals surface area contributed by atoms with E-state index in [1.807, 2.05) is 13.8 Å². The van der Waals surface area contributed by atoms with Gasteiger partial charge in [0.1, 0.15) is 0 Å². The van der Waals surface area contributed by atoms with Gasteiger partial charge in [-0.05, 0) is 12.6 Å². The molecule has 1 nitrogen and oxygen atoms in total. The van der Waals surface area contributed by atoms with Gasteiger partial charge in [0.2, 0.25) is 0 Å². The van der Waals surface area contributed by atoms with E-state index in [0.717, 1.165) is 5.70 Å². The normalized spacial score (nSPS) is 17.0. The average molecular weight is 223 g/mol. The van der Waals surface area contributed by atoms with Gasteiger partial charge in [0.05, 0.1) is 0 Å². The number of allylic oxidation sites excluding steroid dienone is 4. The third kappa shape index (κ3) is 2.57. The van der Waals surface area contributed by atoms with Crippen molar-refractivity contribution in [2.45, 2.75) is 20.8 Å². The van der Waals surface area contributed by atoms with Gasteiger partial charge >= 0.3 is 0 Å². The van der Waals surface area contributed by atoms with Crippen LogP contribution in [-0.2, 0) is 32.7 Å². The zero-order valence-corrected chi connectivity index (χ0v) is 10.1. The third-order valence-electron chi connectivity index (χ3n) is 1.80. The number of nitrogens with one attached hydrogen (secondary N) is 1. The Morgan fingerprint density at radius 3 is 2.27 bits per heavy atom. The molecule has 1 aliphatic heterocycles. The Hall–Kier alpha value is 0.124. The van der Waals surface area contributed by atoms with E-state index < -0.39 is 0 Å². The molecule has 0 saturated carbocycles. The van der Waals surface area contributed by atoms with Crippen molar-refractivity contribution in [3.05, 3.63) is 35.2 Å². The van der Waals surface area contributed by atoms with Crippen LogP contribution in [0.2, 0.25) is 0 Å². The van der Waals surface area contributed by atoms with Crippen molar-refractivity contribution in [1.29, 1.82) is 0 Å². The summed E-state index contributed by atoms with van der Waals surface area (Å²) in [7, 11) is 0. The van der Waals surface area contributed by atoms with E-state index in [9.17, 15) is 0 Å². The molecule has 1 aliphatic rings. The standard InChI is InChI=1S/C9H12N.Y/c1-6-5-7(2)10-9(4)8(6)3;/h10H,2H2,1,3-4H3;/q-1;. The summed E-state index contributed by atoms with van der Waals surface area (Å²) in [5.74, 6) is 0. The molecule has 11 heavy (non-hydrogen) atoms. The van der Waals surface area contributed by atoms with Crippen LogP contribution in [0.4, 0.5) is 0 Å². The first-order valence-corrected chi connectivity index (χ1v) is 3.35. The Morgan fingerprint density at radius 2 is 1.82 bits per heavy atom. The summed E-state index contributed by atoms with van der Waals surface area (Å²) in [5.41, 5.74) is 4.50. The molecule has 0 spiro atoms. The van der Waals surface area contributed by atoms with Gasteiger partial charge in [0.15, 0.2) is 0 Å². The molecule has 0 unspecified atom stereocenters. The molecule has 0 saturated heterocycles. The SMILES string of the molecule is C=C1[C-]=C(C)C(C)=C(C)N1.[Y]. The van der Waals surface area contributed by atoms with Crippen LogP contribution >= 0.6 is 0 Å². The Labute approximate surface area is 93.5 Å². The van der Waals surface area contributed by atoms with Crippen LogP contribution in [0.25, 0.3) is 0 Å². The van der Waals surface area contributed by atoms with Crippen LogP contribution in [0, 0.1) is 6.08 Å². The van der Waals surface area contributed by atoms with Crippen molar-refractivity contribution in [2.75, 3.05) is 0 Å². The van der Waals surface area contributed by atoms with E-state index in [4.69, 9.17) is 0 Å². The second-order valence-corrected chi connectivity index (χ2v) is 2.60. The smallest absolute Gasteiger partial charge is 0 e. The first-order chi connectivity index (χ1) is 4.61. The second kappa shape index (κ2) is 4.22. The van der Waals surface area contributed by atoms with E-state index in [2.05, 4.69) is 24.9 Å². The monoisotopic (exact) mass is 223 g/mol. The fourth-order valence-corrected chi connectivity index (χ4v) is 0.953. The fourth-order valence-electron chi connectivity index (χ4n) is 0.953. The molecule has 1 N–H and O–H groups in total. The van der Waals surface area contributed by atoms with Crippen LogP contribution in [0.3, 0.4) is 0 Å². The number of rotatable bonds is 0. The summed E-state index contributed by atoms with van der Waals surface area (Å²) < 4.78 is 0. The molecular weight excluding hydrogens is 211 g/mol. The molecule has 0 aliphatic carbocycles. The van der Waals surface area contributed by atoms with E-state index >= 15 is 0 Å². The van der Waals surface area contributed by atoms with Gasteiger partial charge in [-0.3, -0.25) is 0 Å². The predicted octanol–water partition coefficient (Wildman–Crippen LogP) is 2.14. The van der Waals surface area contributed by atoms with Crippen molar-refractivity contribution in [3.63, 3.8) is 0 Å². The molecule has 1 rings (SSSR count). The Morgan fingerprint density at radius 1 is 1.27 bits per heavy atom. The zero-order valence-electron chi connectivity index (χ0n) is 7.28. The van der Waals surface area contributed by atoms with Gasteiger partial charge < -0.3 is 5.32 Å². The van der Waals surface area contributed by atoms with E-state index in [-0.39, 0.29) is 32.7 Å². The van der Waals surface area contributed by atoms with Gasteiger partial charge in [-0.2, -0.15) is 18.2 Å². The molecule has 1 radical (unpaired) electrons. The average Bonchev–Trinajstić information content (AvgIpc) is 1.82. The molecule has 0 aromatic carbocycles. The van der Waals surface area contributed by atoms with Crippen LogP contribution in [-0.4, -0.2) is 0 Å². The van der Waals surface area contributed by atoms with Crippen molar-refractivity contribution in [3.8, 4) is 0 Å². The van der Waals surface area contributed by atoms with Gasteiger partial charge in [-0.15, -0.1) is 5.57 Å². The summed E-state index contributed by atoms with van der Waals surface area (Å²) in [5, 5.41) is 3.11. The van der Waals surface area contributed by atoms with Crippen molar-refractivity contribution in [1.82, 2.24) is 5.32 Å². The van der Waals surface area contributed by atoms with Gasteiger partial charge in [0, 0.05) is 32.7 Å². The first kappa shape index (κ1) is 11.1. The molecule has 57 valence electrons. The number of hydrogen-bond donors (Lipinski definition) is 1. The molecule has 0 bridgehead atoms. The van der Waals surface area contributed by atoms with Crippen LogP contribution < -0.4 is 5.32 Å². The molecule has 0 aromatic rings. The van der Waals surface area contributed by atoms with Gasteiger partial charge in [-0.1, -0.05) is 19.5 Å². The maximum Gasteiger partial charge on any atom is 0 e. The molecule has 0 amide bonds. The largest absolute Gasteiger partial charge is 0.393 e. The van der Waals surface area contributed by atoms with Crippen molar-refractivity contribution in [2.24, 2.45) is 0 Å². The molecule has 0 aromatic heterocycles. The van der Waals surface area contributed by atoms with E-state index in [1.165, 1.54) is 16.8 Å². The predicted molar refractivity (Wildman–Crippen MR) is 43.1 cm³/mol. The first-order valence-electron chi connectivity index (χ1n) is 3.35. The fraction of sp³-hybridized carbons (Fsp3) is 0.333. The molecule has 2 heteroatoms. The minimum atomic E-state index is 0. The quantitative estimate of drug-likeness (QED) is 0.620. The molecule has 1 heterocycles.